The standard InChI is InChI=1S/C13H22N2/c1-11-4-5-12(2)15(11)10-13(3)6-8-14-9-7-13/h4-5,14H,6-10H2,1-3H3. The van der Waals surface area contributed by atoms with Gasteiger partial charge in [0, 0.05) is 17.9 Å². The number of nitrogens with zero attached hydrogens (tertiary/aromatic N) is 1. The van der Waals surface area contributed by atoms with Gasteiger partial charge < -0.3 is 9.88 Å². The molecule has 2 rings (SSSR count). The molecule has 0 bridgehead atoms. The highest BCUT2D eigenvalue weighted by atomic mass is 15.0. The molecule has 2 nitrogen and oxygen atoms in total. The zero-order valence-electron chi connectivity index (χ0n) is 10.1. The first kappa shape index (κ1) is 10.7. The Hall–Kier alpha value is -0.760. The maximum absolute atomic E-state index is 3.44. The zero-order chi connectivity index (χ0) is 10.9. The maximum Gasteiger partial charge on any atom is 0.0279 e. The monoisotopic (exact) mass is 206 g/mol. The van der Waals surface area contributed by atoms with Gasteiger partial charge in [0.25, 0.3) is 0 Å². The lowest BCUT2D eigenvalue weighted by molar-refractivity contribution is 0.192. The Kier molecular flexibility index (Phi) is 2.87. The number of aromatic nitrogens is 1. The first-order valence-electron chi connectivity index (χ1n) is 5.94. The van der Waals surface area contributed by atoms with E-state index in [1.54, 1.807) is 0 Å². The van der Waals surface area contributed by atoms with Crippen LogP contribution in [0.15, 0.2) is 12.1 Å². The molecule has 1 aromatic heterocycles. The molecule has 84 valence electrons. The average molecular weight is 206 g/mol. The lowest BCUT2D eigenvalue weighted by atomic mass is 9.81. The Morgan fingerprint density at radius 2 is 1.73 bits per heavy atom. The van der Waals surface area contributed by atoms with Crippen molar-refractivity contribution in [3.8, 4) is 0 Å². The molecule has 0 radical (unpaired) electrons. The van der Waals surface area contributed by atoms with Crippen LogP contribution in [0.2, 0.25) is 0 Å². The predicted molar refractivity (Wildman–Crippen MR) is 64.1 cm³/mol. The molecule has 1 fully saturated rings. The summed E-state index contributed by atoms with van der Waals surface area (Å²) in [4.78, 5) is 0. The first-order valence-corrected chi connectivity index (χ1v) is 5.94. The third-order valence-corrected chi connectivity index (χ3v) is 3.77. The number of nitrogens with one attached hydrogen (secondary N) is 1. The van der Waals surface area contributed by atoms with Crippen molar-refractivity contribution < 1.29 is 0 Å². The number of hydrogen-bond donors (Lipinski definition) is 1. The molecular weight excluding hydrogens is 184 g/mol. The number of hydrogen-bond acceptors (Lipinski definition) is 1. The highest BCUT2D eigenvalue weighted by Crippen LogP contribution is 2.31. The van der Waals surface area contributed by atoms with Gasteiger partial charge in [-0.3, -0.25) is 0 Å². The molecule has 0 aromatic carbocycles. The summed E-state index contributed by atoms with van der Waals surface area (Å²) in [6.07, 6.45) is 2.59. The molecule has 0 aliphatic carbocycles. The molecule has 1 N–H and O–H groups in total. The smallest absolute Gasteiger partial charge is 0.0279 e. The molecule has 2 heterocycles. The summed E-state index contributed by atoms with van der Waals surface area (Å²) in [6.45, 7) is 10.4. The lowest BCUT2D eigenvalue weighted by Gasteiger charge is -2.35. The Labute approximate surface area is 92.7 Å². The van der Waals surface area contributed by atoms with Gasteiger partial charge in [-0.2, -0.15) is 0 Å². The van der Waals surface area contributed by atoms with Crippen LogP contribution in [-0.2, 0) is 6.54 Å². The van der Waals surface area contributed by atoms with Gasteiger partial charge in [-0.1, -0.05) is 6.92 Å². The summed E-state index contributed by atoms with van der Waals surface area (Å²) in [5.74, 6) is 0. The van der Waals surface area contributed by atoms with E-state index >= 15 is 0 Å². The fourth-order valence-corrected chi connectivity index (χ4v) is 2.52. The first-order chi connectivity index (χ1) is 7.11. The van der Waals surface area contributed by atoms with Crippen molar-refractivity contribution >= 4 is 0 Å². The van der Waals surface area contributed by atoms with Crippen LogP contribution in [0.4, 0.5) is 0 Å². The van der Waals surface area contributed by atoms with E-state index in [0.29, 0.717) is 5.41 Å². The van der Waals surface area contributed by atoms with Crippen molar-refractivity contribution in [3.05, 3.63) is 23.5 Å². The van der Waals surface area contributed by atoms with Crippen molar-refractivity contribution in [1.29, 1.82) is 0 Å². The Morgan fingerprint density at radius 1 is 1.20 bits per heavy atom. The molecule has 0 saturated carbocycles. The molecular formula is C13H22N2. The van der Waals surface area contributed by atoms with E-state index in [9.17, 15) is 0 Å². The second-order valence-corrected chi connectivity index (χ2v) is 5.26. The molecule has 0 unspecified atom stereocenters. The normalized spacial score (nSPS) is 20.5. The fourth-order valence-electron chi connectivity index (χ4n) is 2.52. The Bertz CT molecular complexity index is 313. The van der Waals surface area contributed by atoms with Crippen molar-refractivity contribution in [2.24, 2.45) is 5.41 Å². The summed E-state index contributed by atoms with van der Waals surface area (Å²) < 4.78 is 2.46. The quantitative estimate of drug-likeness (QED) is 0.786. The molecule has 1 aliphatic rings. The number of rotatable bonds is 2. The van der Waals surface area contributed by atoms with Crippen molar-refractivity contribution in [1.82, 2.24) is 9.88 Å². The van der Waals surface area contributed by atoms with E-state index in [1.165, 1.54) is 43.9 Å². The molecule has 0 amide bonds. The second kappa shape index (κ2) is 4.01. The van der Waals surface area contributed by atoms with Crippen molar-refractivity contribution in [2.75, 3.05) is 13.1 Å². The van der Waals surface area contributed by atoms with E-state index in [4.69, 9.17) is 0 Å². The largest absolute Gasteiger partial charge is 0.349 e. The molecule has 2 heteroatoms. The van der Waals surface area contributed by atoms with Gasteiger partial charge in [0.15, 0.2) is 0 Å². The highest BCUT2D eigenvalue weighted by Gasteiger charge is 2.27. The van der Waals surface area contributed by atoms with Crippen LogP contribution in [0.3, 0.4) is 0 Å². The summed E-state index contributed by atoms with van der Waals surface area (Å²) in [5, 5.41) is 3.44. The van der Waals surface area contributed by atoms with Crippen LogP contribution in [0, 0.1) is 19.3 Å². The minimum atomic E-state index is 0.486. The van der Waals surface area contributed by atoms with Gasteiger partial charge in [-0.05, 0) is 57.3 Å². The lowest BCUT2D eigenvalue weighted by Crippen LogP contribution is -2.37. The minimum absolute atomic E-state index is 0.486. The third-order valence-electron chi connectivity index (χ3n) is 3.77. The Morgan fingerprint density at radius 3 is 2.27 bits per heavy atom. The highest BCUT2D eigenvalue weighted by molar-refractivity contribution is 5.14. The number of aryl methyl sites for hydroxylation is 2. The van der Waals surface area contributed by atoms with E-state index < -0.39 is 0 Å². The second-order valence-electron chi connectivity index (χ2n) is 5.26. The van der Waals surface area contributed by atoms with Crippen LogP contribution in [0.1, 0.15) is 31.2 Å². The molecule has 15 heavy (non-hydrogen) atoms. The van der Waals surface area contributed by atoms with Gasteiger partial charge in [0.05, 0.1) is 0 Å². The van der Waals surface area contributed by atoms with E-state index in [0.717, 1.165) is 0 Å². The molecule has 0 spiro atoms. The average Bonchev–Trinajstić information content (AvgIpc) is 2.50. The number of piperidine rings is 1. The van der Waals surface area contributed by atoms with E-state index in [-0.39, 0.29) is 0 Å². The fraction of sp³-hybridized carbons (Fsp3) is 0.692. The molecule has 1 aromatic rings. The van der Waals surface area contributed by atoms with Crippen molar-refractivity contribution in [3.63, 3.8) is 0 Å². The van der Waals surface area contributed by atoms with Gasteiger partial charge in [0.2, 0.25) is 0 Å². The van der Waals surface area contributed by atoms with Crippen LogP contribution < -0.4 is 5.32 Å². The van der Waals surface area contributed by atoms with Gasteiger partial charge in [-0.15, -0.1) is 0 Å². The zero-order valence-corrected chi connectivity index (χ0v) is 10.1. The van der Waals surface area contributed by atoms with Crippen LogP contribution in [0.25, 0.3) is 0 Å². The van der Waals surface area contributed by atoms with Crippen LogP contribution in [-0.4, -0.2) is 17.7 Å². The van der Waals surface area contributed by atoms with Gasteiger partial charge >= 0.3 is 0 Å². The van der Waals surface area contributed by atoms with Gasteiger partial charge in [0.1, 0.15) is 0 Å². The minimum Gasteiger partial charge on any atom is -0.349 e. The molecule has 0 atom stereocenters. The third kappa shape index (κ3) is 2.25. The Balaban J connectivity index is 2.13. The van der Waals surface area contributed by atoms with E-state index in [1.807, 2.05) is 0 Å². The topological polar surface area (TPSA) is 17.0 Å². The predicted octanol–water partition coefficient (Wildman–Crippen LogP) is 2.49. The molecule has 1 aliphatic heterocycles. The van der Waals surface area contributed by atoms with Crippen LogP contribution in [0.5, 0.6) is 0 Å². The summed E-state index contributed by atoms with van der Waals surface area (Å²) in [5.41, 5.74) is 3.28. The summed E-state index contributed by atoms with van der Waals surface area (Å²) in [7, 11) is 0. The SMILES string of the molecule is Cc1ccc(C)n1CC1(C)CCNCC1. The van der Waals surface area contributed by atoms with Crippen molar-refractivity contribution in [2.45, 2.75) is 40.2 Å². The van der Waals surface area contributed by atoms with Gasteiger partial charge in [-0.25, -0.2) is 0 Å². The van der Waals surface area contributed by atoms with E-state index in [2.05, 4.69) is 42.8 Å². The summed E-state index contributed by atoms with van der Waals surface area (Å²) >= 11 is 0. The maximum atomic E-state index is 3.44. The van der Waals surface area contributed by atoms with Crippen LogP contribution >= 0.6 is 0 Å². The molecule has 1 saturated heterocycles. The summed E-state index contributed by atoms with van der Waals surface area (Å²) in [6, 6.07) is 4.44.